The second kappa shape index (κ2) is 26.2. The molecule has 67 heavy (non-hydrogen) atoms. The van der Waals surface area contributed by atoms with Gasteiger partial charge in [-0.3, -0.25) is 48.6 Å². The summed E-state index contributed by atoms with van der Waals surface area (Å²) in [7, 11) is 0. The number of H-pyrrole nitrogens is 1. The van der Waals surface area contributed by atoms with Crippen molar-refractivity contribution in [2.75, 3.05) is 100 Å². The van der Waals surface area contributed by atoms with Gasteiger partial charge in [0, 0.05) is 101 Å². The van der Waals surface area contributed by atoms with E-state index < -0.39 is 79.3 Å². The molecule has 8 N–H and O–H groups in total. The molecule has 0 aliphatic carbocycles. The van der Waals surface area contributed by atoms with Crippen molar-refractivity contribution in [2.45, 2.75) is 25.4 Å². The molecule has 26 heteroatoms. The zero-order valence-electron chi connectivity index (χ0n) is 35.9. The number of nitrogens with two attached hydrogens (primary N) is 1. The predicted octanol–water partition coefficient (Wildman–Crippen LogP) is -5.08. The average molecular weight is 1070 g/mol. The van der Waals surface area contributed by atoms with Gasteiger partial charge < -0.3 is 61.8 Å². The van der Waals surface area contributed by atoms with Crippen LogP contribution in [0.4, 0.5) is 23.0 Å². The Labute approximate surface area is 414 Å². The maximum absolute atomic E-state index is 13.4. The van der Waals surface area contributed by atoms with Crippen molar-refractivity contribution < 1.29 is 93.9 Å². The molecule has 1 aliphatic heterocycles. The van der Waals surface area contributed by atoms with Crippen molar-refractivity contribution in [3.05, 3.63) is 76.3 Å². The van der Waals surface area contributed by atoms with Crippen molar-refractivity contribution >= 4 is 75.8 Å². The fourth-order valence-corrected chi connectivity index (χ4v) is 6.80. The van der Waals surface area contributed by atoms with Crippen LogP contribution in [-0.4, -0.2) is 171 Å². The summed E-state index contributed by atoms with van der Waals surface area (Å²) in [5, 5.41) is 54.7. The summed E-state index contributed by atoms with van der Waals surface area (Å²) < 4.78 is 0. The van der Waals surface area contributed by atoms with Crippen LogP contribution in [0.3, 0.4) is 0 Å². The smallest absolute Gasteiger partial charge is 0.549 e. The van der Waals surface area contributed by atoms with Crippen LogP contribution < -0.4 is 47.9 Å². The largest absolute Gasteiger partial charge is 3.00 e. The maximum Gasteiger partial charge on any atom is 3.00 e. The van der Waals surface area contributed by atoms with E-state index in [0.717, 1.165) is 0 Å². The molecule has 1 atom stereocenters. The van der Waals surface area contributed by atoms with Crippen molar-refractivity contribution in [1.82, 2.24) is 44.9 Å². The minimum Gasteiger partial charge on any atom is -0.549 e. The number of amides is 3. The predicted molar refractivity (Wildman–Crippen MR) is 229 cm³/mol. The molecule has 4 aromatic rings. The van der Waals surface area contributed by atoms with Gasteiger partial charge in [0.25, 0.3) is 11.5 Å². The molecule has 0 saturated carbocycles. The van der Waals surface area contributed by atoms with E-state index in [9.17, 15) is 58.8 Å². The number of fused-ring (bicyclic) bond motifs is 1. The number of carbonyl (C=O) groups excluding carboxylic acids is 6. The van der Waals surface area contributed by atoms with Crippen LogP contribution >= 0.6 is 0 Å². The van der Waals surface area contributed by atoms with Crippen LogP contribution in [0.15, 0.2) is 59.5 Å². The Bertz CT molecular complexity index is 2410. The molecule has 1 fully saturated rings. The molecule has 357 valence electrons. The van der Waals surface area contributed by atoms with E-state index in [4.69, 9.17) is 5.73 Å². The van der Waals surface area contributed by atoms with Crippen LogP contribution in [-0.2, 0) is 35.3 Å². The quantitative estimate of drug-likeness (QED) is 0.0462. The Morgan fingerprint density at radius 2 is 1.18 bits per heavy atom. The first-order valence-electron chi connectivity index (χ1n) is 20.6. The number of aromatic amines is 1. The van der Waals surface area contributed by atoms with Gasteiger partial charge in [-0.25, -0.2) is 9.97 Å². The molecular formula is C41H48GdN13O12. The third-order valence-electron chi connectivity index (χ3n) is 10.2. The fourth-order valence-electron chi connectivity index (χ4n) is 6.80. The minimum absolute atomic E-state index is 0. The van der Waals surface area contributed by atoms with Crippen molar-refractivity contribution in [1.29, 1.82) is 0 Å². The van der Waals surface area contributed by atoms with Gasteiger partial charge >= 0.3 is 45.9 Å². The second-order valence-electron chi connectivity index (χ2n) is 15.2. The Hall–Kier alpha value is -6.29. The van der Waals surface area contributed by atoms with Crippen molar-refractivity contribution in [3.8, 4) is 0 Å². The molecule has 3 amide bonds. The minimum atomic E-state index is -1.34. The Balaban J connectivity index is 0.00000980. The Kier molecular flexibility index (Phi) is 20.8. The van der Waals surface area contributed by atoms with E-state index in [0.29, 0.717) is 17.1 Å². The molecule has 1 unspecified atom stereocenters. The van der Waals surface area contributed by atoms with Crippen molar-refractivity contribution in [3.63, 3.8) is 0 Å². The SMILES string of the molecule is Nc1nc2ncc(CNc3ccc(C(=O)NC(CCC(=O)O)C(=O)Nc4ccc(NC(=O)CN5CCN(CC(=O)[O-])CCN(CC(=O)[O-])CCN(CC(=O)[O-])CC5)cc4)cc3)nc2c(=O)[nH]1.[Gd+3]. The molecule has 2 aromatic carbocycles. The number of carboxylic acids is 4. The third-order valence-corrected chi connectivity index (χ3v) is 10.2. The number of hydrogen-bond donors (Lipinski definition) is 7. The number of nitrogens with zero attached hydrogens (tertiary/aromatic N) is 7. The van der Waals surface area contributed by atoms with E-state index in [1.54, 1.807) is 26.8 Å². The average Bonchev–Trinajstić information content (AvgIpc) is 3.25. The fraction of sp³-hybridized carbons (Fsp3) is 0.390. The van der Waals surface area contributed by atoms with Crippen LogP contribution in [0.25, 0.3) is 11.2 Å². The molecule has 5 rings (SSSR count). The summed E-state index contributed by atoms with van der Waals surface area (Å²) in [6.45, 7) is -0.00141. The second-order valence-corrected chi connectivity index (χ2v) is 15.2. The summed E-state index contributed by atoms with van der Waals surface area (Å²) in [6.07, 6.45) is 0.776. The molecule has 1 radical (unpaired) electrons. The standard InChI is InChI=1S/C41H51N13O12.Gd/c42-41-49-37-36(40(66)50-41)46-29(20-44-37)19-43-26-3-1-25(2-4-26)38(64)48-30(9-10-32(56)57)39(65)47-28-7-5-27(6-8-28)45-31(55)21-51-11-13-52(22-33(58)59)15-17-54(24-35(62)63)18-16-53(14-12-51)23-34(60)61;/h1-8,20,30,43H,9-19,21-24H2,(H,45,55)(H,47,65)(H,48,64)(H,56,57)(H,58,59)(H,60,61)(H,62,63)(H3,42,44,49,50,66);/q;+3/p-3. The zero-order valence-corrected chi connectivity index (χ0v) is 38.1. The number of hydrogen-bond acceptors (Lipinski definition) is 20. The number of benzene rings is 2. The number of carboxylic acid groups (broad SMARTS) is 4. The van der Waals surface area contributed by atoms with Gasteiger partial charge in [0.1, 0.15) is 6.04 Å². The third kappa shape index (κ3) is 18.1. The molecule has 25 nitrogen and oxygen atoms in total. The summed E-state index contributed by atoms with van der Waals surface area (Å²) in [5.41, 5.74) is 6.93. The molecule has 1 saturated heterocycles. The van der Waals surface area contributed by atoms with Gasteiger partial charge in [0.2, 0.25) is 17.8 Å². The molecule has 0 spiro atoms. The van der Waals surface area contributed by atoms with Gasteiger partial charge in [0.05, 0.1) is 42.9 Å². The summed E-state index contributed by atoms with van der Waals surface area (Å²) in [5.74, 6) is -7.09. The Morgan fingerprint density at radius 1 is 0.701 bits per heavy atom. The van der Waals surface area contributed by atoms with E-state index in [1.807, 2.05) is 0 Å². The van der Waals surface area contributed by atoms with E-state index in [-0.39, 0.29) is 140 Å². The summed E-state index contributed by atoms with van der Waals surface area (Å²) in [6, 6.07) is 10.9. The zero-order chi connectivity index (χ0) is 47.8. The summed E-state index contributed by atoms with van der Waals surface area (Å²) in [4.78, 5) is 119. The molecule has 1 aliphatic rings. The van der Waals surface area contributed by atoms with Crippen LogP contribution in [0.1, 0.15) is 28.9 Å². The molecular weight excluding hydrogens is 1020 g/mol. The van der Waals surface area contributed by atoms with Crippen molar-refractivity contribution in [2.24, 2.45) is 0 Å². The first-order chi connectivity index (χ1) is 31.5. The topological polar surface area (TPSA) is 368 Å². The number of anilines is 4. The number of rotatable bonds is 19. The van der Waals surface area contributed by atoms with Gasteiger partial charge in [-0.1, -0.05) is 0 Å². The first kappa shape index (κ1) is 53.3. The van der Waals surface area contributed by atoms with Gasteiger partial charge in [-0.2, -0.15) is 4.98 Å². The van der Waals surface area contributed by atoms with Gasteiger partial charge in [0.15, 0.2) is 11.2 Å². The number of carbonyl (C=O) groups is 7. The first-order valence-corrected chi connectivity index (χ1v) is 20.6. The van der Waals surface area contributed by atoms with E-state index >= 15 is 0 Å². The maximum atomic E-state index is 13.4. The normalized spacial score (nSPS) is 14.9. The van der Waals surface area contributed by atoms with Crippen LogP contribution in [0.2, 0.25) is 0 Å². The van der Waals surface area contributed by atoms with Gasteiger partial charge in [-0.05, 0) is 55.0 Å². The van der Waals surface area contributed by atoms with Crippen LogP contribution in [0, 0.1) is 39.9 Å². The Morgan fingerprint density at radius 3 is 1.67 bits per heavy atom. The molecule has 2 aromatic heterocycles. The molecule has 3 heterocycles. The monoisotopic (exact) mass is 1070 g/mol. The number of aliphatic carboxylic acids is 4. The van der Waals surface area contributed by atoms with Gasteiger partial charge in [-0.15, -0.1) is 0 Å². The number of nitrogen functional groups attached to an aromatic ring is 1. The number of nitrogens with one attached hydrogen (secondary N) is 5. The van der Waals surface area contributed by atoms with E-state index in [1.165, 1.54) is 47.5 Å². The summed E-state index contributed by atoms with van der Waals surface area (Å²) >= 11 is 0. The molecule has 0 bridgehead atoms. The van der Waals surface area contributed by atoms with E-state index in [2.05, 4.69) is 41.2 Å². The van der Waals surface area contributed by atoms with Crippen LogP contribution in [0.5, 0.6) is 0 Å². The number of aromatic nitrogens is 4.